The summed E-state index contributed by atoms with van der Waals surface area (Å²) in [6.07, 6.45) is -0.733. The number of hydrogen-bond acceptors (Lipinski definition) is 6. The third kappa shape index (κ3) is 4.06. The zero-order chi connectivity index (χ0) is 18.0. The summed E-state index contributed by atoms with van der Waals surface area (Å²) in [7, 11) is 0. The van der Waals surface area contributed by atoms with Crippen LogP contribution in [0.1, 0.15) is 5.56 Å². The molecule has 0 saturated carbocycles. The van der Waals surface area contributed by atoms with Gasteiger partial charge in [0.05, 0.1) is 12.6 Å². The Kier molecular flexibility index (Phi) is 4.86. The summed E-state index contributed by atoms with van der Waals surface area (Å²) < 4.78 is 10.6. The van der Waals surface area contributed by atoms with Gasteiger partial charge < -0.3 is 20.3 Å². The number of benzene rings is 1. The molecule has 2 heterocycles. The van der Waals surface area contributed by atoms with Crippen LogP contribution >= 0.6 is 0 Å². The van der Waals surface area contributed by atoms with Gasteiger partial charge in [-0.05, 0) is 24.3 Å². The Morgan fingerprint density at radius 1 is 1.32 bits per heavy atom. The van der Waals surface area contributed by atoms with E-state index < -0.39 is 12.1 Å². The number of carboxylic acid groups (broad SMARTS) is 1. The number of nitrogens with zero attached hydrogens (tertiary/aromatic N) is 2. The quantitative estimate of drug-likeness (QED) is 0.470. The minimum absolute atomic E-state index is 0.0223. The number of likely N-dealkylation sites (tertiary alicyclic amines) is 1. The molecule has 25 heavy (non-hydrogen) atoms. The third-order valence-electron chi connectivity index (χ3n) is 4.19. The molecule has 2 saturated heterocycles. The fourth-order valence-electron chi connectivity index (χ4n) is 2.90. The number of nitrogen functional groups attached to an aromatic ring is 1. The van der Waals surface area contributed by atoms with Crippen LogP contribution < -0.4 is 10.6 Å². The summed E-state index contributed by atoms with van der Waals surface area (Å²) in [4.78, 5) is 26.1. The van der Waals surface area contributed by atoms with E-state index in [0.717, 1.165) is 0 Å². The van der Waals surface area contributed by atoms with Crippen LogP contribution in [0.3, 0.4) is 0 Å². The second-order valence-corrected chi connectivity index (χ2v) is 6.12. The van der Waals surface area contributed by atoms with Crippen LogP contribution in [-0.4, -0.2) is 72.9 Å². The van der Waals surface area contributed by atoms with Gasteiger partial charge in [-0.2, -0.15) is 0 Å². The van der Waals surface area contributed by atoms with Gasteiger partial charge in [-0.3, -0.25) is 15.2 Å². The Balaban J connectivity index is 1.48. The zero-order valence-electron chi connectivity index (χ0n) is 13.6. The Bertz CT molecular complexity index is 672. The van der Waals surface area contributed by atoms with E-state index in [1.165, 1.54) is 0 Å². The molecule has 9 heteroatoms. The average molecular weight is 348 g/mol. The van der Waals surface area contributed by atoms with Crippen molar-refractivity contribution in [3.05, 3.63) is 29.8 Å². The number of rotatable bonds is 7. The normalized spacial score (nSPS) is 21.0. The van der Waals surface area contributed by atoms with Crippen molar-refractivity contribution in [3.63, 3.8) is 0 Å². The van der Waals surface area contributed by atoms with Crippen molar-refractivity contribution in [2.24, 2.45) is 5.73 Å². The van der Waals surface area contributed by atoms with Crippen LogP contribution in [0, 0.1) is 5.41 Å². The van der Waals surface area contributed by atoms with Gasteiger partial charge in [0.1, 0.15) is 18.5 Å². The van der Waals surface area contributed by atoms with Crippen LogP contribution in [0.2, 0.25) is 0 Å². The minimum atomic E-state index is -0.977. The van der Waals surface area contributed by atoms with Gasteiger partial charge in [0.25, 0.3) is 0 Å². The molecule has 1 aromatic rings. The van der Waals surface area contributed by atoms with Gasteiger partial charge in [-0.1, -0.05) is 0 Å². The van der Waals surface area contributed by atoms with E-state index in [1.54, 1.807) is 29.2 Å². The highest BCUT2D eigenvalue weighted by Gasteiger charge is 2.37. The van der Waals surface area contributed by atoms with Gasteiger partial charge in [0, 0.05) is 30.9 Å². The van der Waals surface area contributed by atoms with Crippen LogP contribution in [0.25, 0.3) is 0 Å². The highest BCUT2D eigenvalue weighted by Crippen LogP contribution is 2.23. The Morgan fingerprint density at radius 2 is 2.00 bits per heavy atom. The van der Waals surface area contributed by atoms with Gasteiger partial charge in [-0.15, -0.1) is 0 Å². The molecule has 0 aliphatic carbocycles. The SMILES string of the molecule is N=C(N)c1ccc(N2CC(CN3CC(OCC(=O)O)C3)OC2=O)cc1. The van der Waals surface area contributed by atoms with Gasteiger partial charge in [0.2, 0.25) is 0 Å². The summed E-state index contributed by atoms with van der Waals surface area (Å²) in [5.41, 5.74) is 6.72. The molecule has 4 N–H and O–H groups in total. The summed E-state index contributed by atoms with van der Waals surface area (Å²) in [5.74, 6) is -1.000. The molecule has 2 aliphatic rings. The number of anilines is 1. The van der Waals surface area contributed by atoms with Gasteiger partial charge in [0.15, 0.2) is 0 Å². The number of nitrogens with two attached hydrogens (primary N) is 1. The summed E-state index contributed by atoms with van der Waals surface area (Å²) in [5, 5.41) is 16.0. The first-order valence-electron chi connectivity index (χ1n) is 7.90. The topological polar surface area (TPSA) is 129 Å². The standard InChI is InChI=1S/C16H20N4O5/c17-15(18)10-1-3-11(4-2-10)20-8-13(25-16(20)23)7-19-5-12(6-19)24-9-14(21)22/h1-4,12-13H,5-9H2,(H3,17,18)(H,21,22). The first-order valence-corrected chi connectivity index (χ1v) is 7.90. The van der Waals surface area contributed by atoms with Crippen molar-refractivity contribution in [1.82, 2.24) is 4.90 Å². The fourth-order valence-corrected chi connectivity index (χ4v) is 2.90. The van der Waals surface area contributed by atoms with Crippen LogP contribution in [0.4, 0.5) is 10.5 Å². The molecule has 9 nitrogen and oxygen atoms in total. The fraction of sp³-hybridized carbons (Fsp3) is 0.438. The molecule has 3 rings (SSSR count). The zero-order valence-corrected chi connectivity index (χ0v) is 13.6. The molecule has 2 fully saturated rings. The predicted molar refractivity (Wildman–Crippen MR) is 88.9 cm³/mol. The molecule has 1 atom stereocenters. The molecular formula is C16H20N4O5. The maximum atomic E-state index is 12.1. The van der Waals surface area contributed by atoms with Crippen LogP contribution in [0.15, 0.2) is 24.3 Å². The number of cyclic esters (lactones) is 1. The summed E-state index contributed by atoms with van der Waals surface area (Å²) in [6.45, 7) is 2.00. The number of hydrogen-bond donors (Lipinski definition) is 3. The molecular weight excluding hydrogens is 328 g/mol. The van der Waals surface area contributed by atoms with Gasteiger partial charge >= 0.3 is 12.1 Å². The lowest BCUT2D eigenvalue weighted by molar-refractivity contribution is -0.149. The molecule has 0 aromatic heterocycles. The van der Waals surface area contributed by atoms with E-state index in [1.807, 2.05) is 0 Å². The summed E-state index contributed by atoms with van der Waals surface area (Å²) in [6, 6.07) is 6.86. The first kappa shape index (κ1) is 17.2. The van der Waals surface area contributed by atoms with Crippen LogP contribution in [-0.2, 0) is 14.3 Å². The van der Waals surface area contributed by atoms with Crippen molar-refractivity contribution >= 4 is 23.6 Å². The van der Waals surface area contributed by atoms with E-state index in [-0.39, 0.29) is 24.7 Å². The number of aliphatic carboxylic acids is 1. The van der Waals surface area contributed by atoms with E-state index in [0.29, 0.717) is 37.4 Å². The molecule has 2 aliphatic heterocycles. The van der Waals surface area contributed by atoms with Crippen molar-refractivity contribution < 1.29 is 24.2 Å². The highest BCUT2D eigenvalue weighted by atomic mass is 16.6. The lowest BCUT2D eigenvalue weighted by Crippen LogP contribution is -2.55. The smallest absolute Gasteiger partial charge is 0.414 e. The van der Waals surface area contributed by atoms with Gasteiger partial charge in [-0.25, -0.2) is 9.59 Å². The number of ether oxygens (including phenoxy) is 2. The molecule has 0 bridgehead atoms. The number of nitrogens with one attached hydrogen (secondary N) is 1. The molecule has 0 radical (unpaired) electrons. The molecule has 1 unspecified atom stereocenters. The second kappa shape index (κ2) is 7.08. The maximum Gasteiger partial charge on any atom is 0.414 e. The second-order valence-electron chi connectivity index (χ2n) is 6.12. The number of amidine groups is 1. The van der Waals surface area contributed by atoms with E-state index in [9.17, 15) is 9.59 Å². The Morgan fingerprint density at radius 3 is 2.60 bits per heavy atom. The van der Waals surface area contributed by atoms with Crippen molar-refractivity contribution in [1.29, 1.82) is 5.41 Å². The van der Waals surface area contributed by atoms with Crippen molar-refractivity contribution in [2.45, 2.75) is 12.2 Å². The maximum absolute atomic E-state index is 12.1. The van der Waals surface area contributed by atoms with Crippen molar-refractivity contribution in [3.8, 4) is 0 Å². The lowest BCUT2D eigenvalue weighted by atomic mass is 10.1. The minimum Gasteiger partial charge on any atom is -0.480 e. The van der Waals surface area contributed by atoms with Crippen molar-refractivity contribution in [2.75, 3.05) is 37.7 Å². The predicted octanol–water partition coefficient (Wildman–Crippen LogP) is 0.0813. The highest BCUT2D eigenvalue weighted by molar-refractivity contribution is 5.96. The molecule has 134 valence electrons. The molecule has 0 spiro atoms. The third-order valence-corrected chi connectivity index (χ3v) is 4.19. The average Bonchev–Trinajstić information content (AvgIpc) is 2.90. The van der Waals surface area contributed by atoms with E-state index in [2.05, 4.69) is 4.90 Å². The van der Waals surface area contributed by atoms with E-state index in [4.69, 9.17) is 25.7 Å². The van der Waals surface area contributed by atoms with E-state index >= 15 is 0 Å². The molecule has 1 amide bonds. The Hall–Kier alpha value is -2.65. The summed E-state index contributed by atoms with van der Waals surface area (Å²) >= 11 is 0. The number of amides is 1. The lowest BCUT2D eigenvalue weighted by Gasteiger charge is -2.39. The number of carbonyl (C=O) groups excluding carboxylic acids is 1. The Labute approximate surface area is 144 Å². The largest absolute Gasteiger partial charge is 0.480 e. The number of carboxylic acids is 1. The molecule has 1 aromatic carbocycles. The van der Waals surface area contributed by atoms with Crippen LogP contribution in [0.5, 0.6) is 0 Å². The monoisotopic (exact) mass is 348 g/mol. The number of carbonyl (C=O) groups is 2. The first-order chi connectivity index (χ1) is 11.9.